The van der Waals surface area contributed by atoms with E-state index in [4.69, 9.17) is 0 Å². The van der Waals surface area contributed by atoms with E-state index in [-0.39, 0.29) is 5.91 Å². The van der Waals surface area contributed by atoms with Crippen molar-refractivity contribution < 1.29 is 4.79 Å². The minimum atomic E-state index is 0.00211. The Morgan fingerprint density at radius 3 is 3.07 bits per heavy atom. The third kappa shape index (κ3) is 4.65. The number of hydrogen-bond acceptors (Lipinski definition) is 3. The number of thioether (sulfide) groups is 1. The van der Waals surface area contributed by atoms with Gasteiger partial charge in [-0.25, -0.2) is 4.98 Å². The number of hydrogen-bond donors (Lipinski definition) is 1. The predicted octanol–water partition coefficient (Wildman–Crippen LogP) is 1.78. The quantitative estimate of drug-likeness (QED) is 0.610. The van der Waals surface area contributed by atoms with Crippen molar-refractivity contribution >= 4 is 17.7 Å². The van der Waals surface area contributed by atoms with Crippen LogP contribution in [0.4, 0.5) is 0 Å². The third-order valence-corrected chi connectivity index (χ3v) is 2.62. The Kier molecular flexibility index (Phi) is 4.90. The average molecular weight is 222 g/mol. The van der Waals surface area contributed by atoms with E-state index in [1.54, 1.807) is 12.3 Å². The van der Waals surface area contributed by atoms with Crippen LogP contribution in [0, 0.1) is 6.92 Å². The lowest BCUT2D eigenvalue weighted by atomic mass is 10.3. The molecule has 0 unspecified atom stereocenters. The van der Waals surface area contributed by atoms with Crippen LogP contribution in [0.1, 0.15) is 5.56 Å². The van der Waals surface area contributed by atoms with E-state index >= 15 is 0 Å². The molecule has 1 amide bonds. The highest BCUT2D eigenvalue weighted by molar-refractivity contribution is 7.99. The highest BCUT2D eigenvalue weighted by Gasteiger charge is 2.01. The van der Waals surface area contributed by atoms with Gasteiger partial charge in [0.05, 0.1) is 10.8 Å². The molecule has 15 heavy (non-hydrogen) atoms. The van der Waals surface area contributed by atoms with Gasteiger partial charge in [-0.3, -0.25) is 4.79 Å². The summed E-state index contributed by atoms with van der Waals surface area (Å²) in [7, 11) is 0. The molecule has 0 saturated carbocycles. The van der Waals surface area contributed by atoms with Crippen LogP contribution in [-0.2, 0) is 4.79 Å². The lowest BCUT2D eigenvalue weighted by molar-refractivity contribution is -0.118. The molecular weight excluding hydrogens is 208 g/mol. The third-order valence-electron chi connectivity index (χ3n) is 1.68. The lowest BCUT2D eigenvalue weighted by Gasteiger charge is -2.01. The van der Waals surface area contributed by atoms with Crippen LogP contribution in [-0.4, -0.2) is 23.2 Å². The fourth-order valence-corrected chi connectivity index (χ4v) is 1.59. The molecule has 0 bridgehead atoms. The second kappa shape index (κ2) is 6.24. The maximum Gasteiger partial charge on any atom is 0.230 e. The van der Waals surface area contributed by atoms with Crippen LogP contribution >= 0.6 is 11.8 Å². The molecule has 0 aliphatic carbocycles. The molecule has 0 fully saturated rings. The predicted molar refractivity (Wildman–Crippen MR) is 62.9 cm³/mol. The van der Waals surface area contributed by atoms with E-state index < -0.39 is 0 Å². The van der Waals surface area contributed by atoms with Gasteiger partial charge in [-0.2, -0.15) is 0 Å². The smallest absolute Gasteiger partial charge is 0.230 e. The molecule has 0 spiro atoms. The summed E-state index contributed by atoms with van der Waals surface area (Å²) >= 11 is 1.43. The summed E-state index contributed by atoms with van der Waals surface area (Å²) in [5, 5.41) is 3.58. The number of carbonyl (C=O) groups is 1. The second-order valence-corrected chi connectivity index (χ2v) is 4.05. The summed E-state index contributed by atoms with van der Waals surface area (Å²) in [6, 6.07) is 3.90. The topological polar surface area (TPSA) is 42.0 Å². The average Bonchev–Trinajstić information content (AvgIpc) is 2.25. The zero-order valence-electron chi connectivity index (χ0n) is 8.69. The van der Waals surface area contributed by atoms with Crippen LogP contribution in [0.3, 0.4) is 0 Å². The Bertz CT molecular complexity index is 335. The number of pyridine rings is 1. The Morgan fingerprint density at radius 2 is 2.47 bits per heavy atom. The van der Waals surface area contributed by atoms with Crippen LogP contribution in [0.25, 0.3) is 0 Å². The Labute approximate surface area is 94.0 Å². The molecule has 0 aliphatic rings. The van der Waals surface area contributed by atoms with Gasteiger partial charge in [0.1, 0.15) is 0 Å². The Morgan fingerprint density at radius 1 is 1.67 bits per heavy atom. The first-order valence-corrected chi connectivity index (χ1v) is 5.64. The van der Waals surface area contributed by atoms with Crippen molar-refractivity contribution in [3.63, 3.8) is 0 Å². The molecule has 0 radical (unpaired) electrons. The maximum atomic E-state index is 11.2. The molecular formula is C11H14N2OS. The number of carbonyl (C=O) groups excluding carboxylic acids is 1. The number of aryl methyl sites for hydroxylation is 1. The van der Waals surface area contributed by atoms with E-state index in [0.29, 0.717) is 12.3 Å². The summed E-state index contributed by atoms with van der Waals surface area (Å²) in [6.07, 6.45) is 3.46. The zero-order chi connectivity index (χ0) is 11.1. The second-order valence-electron chi connectivity index (χ2n) is 3.06. The highest BCUT2D eigenvalue weighted by Crippen LogP contribution is 2.14. The van der Waals surface area contributed by atoms with Gasteiger partial charge in [0.15, 0.2) is 0 Å². The number of rotatable bonds is 5. The molecule has 0 atom stereocenters. The number of aromatic nitrogens is 1. The van der Waals surface area contributed by atoms with E-state index in [1.165, 1.54) is 11.8 Å². The lowest BCUT2D eigenvalue weighted by Crippen LogP contribution is -2.24. The minimum Gasteiger partial charge on any atom is -0.352 e. The molecule has 3 nitrogen and oxygen atoms in total. The monoisotopic (exact) mass is 222 g/mol. The fraction of sp³-hybridized carbons (Fsp3) is 0.273. The Hall–Kier alpha value is -1.29. The molecule has 80 valence electrons. The molecule has 4 heteroatoms. The van der Waals surface area contributed by atoms with Crippen LogP contribution in [0.5, 0.6) is 0 Å². The van der Waals surface area contributed by atoms with Gasteiger partial charge >= 0.3 is 0 Å². The van der Waals surface area contributed by atoms with Crippen molar-refractivity contribution in [2.24, 2.45) is 0 Å². The van der Waals surface area contributed by atoms with Crippen molar-refractivity contribution in [1.82, 2.24) is 10.3 Å². The molecule has 1 aromatic rings. The van der Waals surface area contributed by atoms with Gasteiger partial charge in [0.25, 0.3) is 0 Å². The number of nitrogens with zero attached hydrogens (tertiary/aromatic N) is 1. The molecule has 1 aromatic heterocycles. The summed E-state index contributed by atoms with van der Waals surface area (Å²) < 4.78 is 0. The fourth-order valence-electron chi connectivity index (χ4n) is 0.916. The maximum absolute atomic E-state index is 11.2. The van der Waals surface area contributed by atoms with Crippen molar-refractivity contribution in [1.29, 1.82) is 0 Å². The van der Waals surface area contributed by atoms with E-state index in [2.05, 4.69) is 16.9 Å². The van der Waals surface area contributed by atoms with Crippen LogP contribution < -0.4 is 5.32 Å². The van der Waals surface area contributed by atoms with Crippen molar-refractivity contribution in [2.75, 3.05) is 12.3 Å². The van der Waals surface area contributed by atoms with E-state index in [0.717, 1.165) is 10.6 Å². The van der Waals surface area contributed by atoms with Crippen LogP contribution in [0.2, 0.25) is 0 Å². The Balaban J connectivity index is 2.33. The zero-order valence-corrected chi connectivity index (χ0v) is 9.51. The van der Waals surface area contributed by atoms with Crippen molar-refractivity contribution in [3.8, 4) is 0 Å². The van der Waals surface area contributed by atoms with Gasteiger partial charge in [0, 0.05) is 12.7 Å². The molecule has 0 aliphatic heterocycles. The van der Waals surface area contributed by atoms with E-state index in [1.807, 2.05) is 19.1 Å². The number of nitrogens with one attached hydrogen (secondary N) is 1. The first-order chi connectivity index (χ1) is 7.22. The molecule has 1 heterocycles. The largest absolute Gasteiger partial charge is 0.352 e. The van der Waals surface area contributed by atoms with Gasteiger partial charge < -0.3 is 5.32 Å². The van der Waals surface area contributed by atoms with Gasteiger partial charge in [-0.15, -0.1) is 6.58 Å². The minimum absolute atomic E-state index is 0.00211. The molecule has 0 aromatic carbocycles. The first kappa shape index (κ1) is 11.8. The normalized spacial score (nSPS) is 9.67. The van der Waals surface area contributed by atoms with Crippen molar-refractivity contribution in [3.05, 3.63) is 36.5 Å². The molecule has 1 rings (SSSR count). The summed E-state index contributed by atoms with van der Waals surface area (Å²) in [5.41, 5.74) is 1.12. The summed E-state index contributed by atoms with van der Waals surface area (Å²) in [5.74, 6) is 0.395. The SMILES string of the molecule is C=CCNC(=O)CSc1ccc(C)cn1. The van der Waals surface area contributed by atoms with Crippen molar-refractivity contribution in [2.45, 2.75) is 11.9 Å². The molecule has 0 saturated heterocycles. The van der Waals surface area contributed by atoms with Gasteiger partial charge in [-0.1, -0.05) is 23.9 Å². The standard InChI is InChI=1S/C11H14N2OS/c1-3-6-12-10(14)8-15-11-5-4-9(2)7-13-11/h3-5,7H,1,6,8H2,2H3,(H,12,14). The first-order valence-electron chi connectivity index (χ1n) is 4.65. The van der Waals surface area contributed by atoms with Gasteiger partial charge in [0.2, 0.25) is 5.91 Å². The summed E-state index contributed by atoms with van der Waals surface area (Å²) in [4.78, 5) is 15.4. The van der Waals surface area contributed by atoms with Crippen LogP contribution in [0.15, 0.2) is 36.0 Å². The summed E-state index contributed by atoms with van der Waals surface area (Å²) in [6.45, 7) is 6.03. The number of amides is 1. The molecule has 1 N–H and O–H groups in total. The highest BCUT2D eigenvalue weighted by atomic mass is 32.2. The van der Waals surface area contributed by atoms with E-state index in [9.17, 15) is 4.79 Å². The van der Waals surface area contributed by atoms with Gasteiger partial charge in [-0.05, 0) is 18.6 Å².